The van der Waals surface area contributed by atoms with Gasteiger partial charge in [-0.05, 0) is 110 Å². The van der Waals surface area contributed by atoms with Crippen LogP contribution in [0.25, 0.3) is 44.4 Å². The largest absolute Gasteiger partial charge is 0.481 e. The van der Waals surface area contributed by atoms with Crippen LogP contribution in [0.15, 0.2) is 24.3 Å². The van der Waals surface area contributed by atoms with E-state index in [0.717, 1.165) is 68.6 Å². The van der Waals surface area contributed by atoms with Crippen molar-refractivity contribution in [3.05, 3.63) is 69.3 Å². The molecule has 8 bridgehead atoms. The molecule has 0 spiro atoms. The molecule has 0 amide bonds. The Bertz CT molecular complexity index is 1820. The van der Waals surface area contributed by atoms with Gasteiger partial charge in [0.25, 0.3) is 0 Å². The van der Waals surface area contributed by atoms with Gasteiger partial charge >= 0.3 is 11.9 Å². The first-order chi connectivity index (χ1) is 19.0. The molecule has 4 N–H and O–H groups in total. The Balaban J connectivity index is 1.97. The predicted octanol–water partition coefficient (Wildman–Crippen LogP) is 6.87. The standard InChI is InChI=1S/C32H34N4O4/c1-7-19-15(3)22-11-23-17(5)21(9-10-30(37)38)28(35-23)14-29-31(32(39)40)18(6)25(36-29)13-27-20(8-2)16(4)24(34-27)12-26(19)33-22/h11-14,34-35H,7-10H2,1-6H3,(H,37,38)(H,39,40). The maximum atomic E-state index is 12.4. The number of aromatic nitrogens is 4. The molecule has 0 radical (unpaired) electrons. The molecule has 0 atom stereocenters. The first kappa shape index (κ1) is 27.1. The number of H-pyrrole nitrogens is 2. The summed E-state index contributed by atoms with van der Waals surface area (Å²) >= 11 is 0. The molecule has 2 aliphatic heterocycles. The second kappa shape index (κ2) is 10.3. The van der Waals surface area contributed by atoms with Crippen molar-refractivity contribution in [1.29, 1.82) is 0 Å². The van der Waals surface area contributed by atoms with Gasteiger partial charge in [0.05, 0.1) is 28.3 Å². The van der Waals surface area contributed by atoms with Crippen LogP contribution in [0.3, 0.4) is 0 Å². The topological polar surface area (TPSA) is 132 Å². The first-order valence-electron chi connectivity index (χ1n) is 13.6. The summed E-state index contributed by atoms with van der Waals surface area (Å²) in [7, 11) is 0. The monoisotopic (exact) mass is 538 g/mol. The van der Waals surface area contributed by atoms with Crippen LogP contribution in [-0.4, -0.2) is 42.1 Å². The fourth-order valence-electron chi connectivity index (χ4n) is 5.89. The summed E-state index contributed by atoms with van der Waals surface area (Å²) in [4.78, 5) is 40.6. The van der Waals surface area contributed by atoms with Crippen LogP contribution in [0.1, 0.15) is 85.6 Å². The number of nitrogens with zero attached hydrogens (tertiary/aromatic N) is 2. The Morgan fingerprint density at radius 1 is 0.700 bits per heavy atom. The van der Waals surface area contributed by atoms with Crippen molar-refractivity contribution < 1.29 is 19.8 Å². The summed E-state index contributed by atoms with van der Waals surface area (Å²) in [6, 6.07) is 7.75. The third-order valence-electron chi connectivity index (χ3n) is 8.18. The molecule has 0 unspecified atom stereocenters. The highest BCUT2D eigenvalue weighted by atomic mass is 16.4. The molecule has 3 aromatic heterocycles. The van der Waals surface area contributed by atoms with Crippen molar-refractivity contribution in [2.45, 2.75) is 67.2 Å². The van der Waals surface area contributed by atoms with Crippen molar-refractivity contribution >= 4 is 56.3 Å². The van der Waals surface area contributed by atoms with Gasteiger partial charge in [-0.25, -0.2) is 14.8 Å². The van der Waals surface area contributed by atoms with Crippen molar-refractivity contribution in [1.82, 2.24) is 19.9 Å². The van der Waals surface area contributed by atoms with Crippen molar-refractivity contribution in [2.24, 2.45) is 0 Å². The number of aliphatic carboxylic acids is 2. The van der Waals surface area contributed by atoms with Crippen LogP contribution in [-0.2, 0) is 22.4 Å². The molecule has 2 aliphatic rings. The summed E-state index contributed by atoms with van der Waals surface area (Å²) in [5.41, 5.74) is 13.0. The molecule has 40 heavy (non-hydrogen) atoms. The summed E-state index contributed by atoms with van der Waals surface area (Å²) < 4.78 is 0. The average molecular weight is 539 g/mol. The Hall–Kier alpha value is -4.46. The number of carbonyl (C=O) groups is 2. The second-order valence-corrected chi connectivity index (χ2v) is 10.5. The molecular formula is C32H34N4O4. The lowest BCUT2D eigenvalue weighted by Crippen LogP contribution is -1.99. The molecule has 8 heteroatoms. The molecule has 0 saturated heterocycles. The normalized spacial score (nSPS) is 13.3. The highest BCUT2D eigenvalue weighted by Gasteiger charge is 2.24. The van der Waals surface area contributed by atoms with Crippen LogP contribution in [0.2, 0.25) is 0 Å². The lowest BCUT2D eigenvalue weighted by molar-refractivity contribution is -0.137. The van der Waals surface area contributed by atoms with Gasteiger partial charge in [0.2, 0.25) is 0 Å². The minimum atomic E-state index is -1.06. The molecule has 5 heterocycles. The highest BCUT2D eigenvalue weighted by Crippen LogP contribution is 2.35. The van der Waals surface area contributed by atoms with Crippen molar-refractivity contribution in [3.8, 4) is 0 Å². The molecule has 3 aromatic rings. The Kier molecular flexibility index (Phi) is 6.96. The number of nitrogens with one attached hydrogen (secondary N) is 2. The minimum absolute atomic E-state index is 0.0436. The van der Waals surface area contributed by atoms with Crippen molar-refractivity contribution in [3.63, 3.8) is 0 Å². The second-order valence-electron chi connectivity index (χ2n) is 10.5. The van der Waals surface area contributed by atoms with Gasteiger partial charge in [-0.15, -0.1) is 0 Å². The highest BCUT2D eigenvalue weighted by molar-refractivity contribution is 6.24. The zero-order valence-electron chi connectivity index (χ0n) is 23.7. The number of hydrogen-bond donors (Lipinski definition) is 4. The molecule has 0 saturated carbocycles. The van der Waals surface area contributed by atoms with E-state index in [-0.39, 0.29) is 12.0 Å². The summed E-state index contributed by atoms with van der Waals surface area (Å²) in [5.74, 6) is -1.95. The Labute approximate surface area is 232 Å². The maximum absolute atomic E-state index is 12.4. The third kappa shape index (κ3) is 4.53. The number of fused-ring (bicyclic) bond motifs is 8. The molecule has 0 fully saturated rings. The van der Waals surface area contributed by atoms with Crippen LogP contribution in [0, 0.1) is 13.8 Å². The summed E-state index contributed by atoms with van der Waals surface area (Å²) in [6.45, 7) is 12.1. The van der Waals surface area contributed by atoms with Crippen LogP contribution < -0.4 is 0 Å². The predicted molar refractivity (Wildman–Crippen MR) is 159 cm³/mol. The van der Waals surface area contributed by atoms with Crippen LogP contribution >= 0.6 is 0 Å². The van der Waals surface area contributed by atoms with E-state index in [9.17, 15) is 19.8 Å². The van der Waals surface area contributed by atoms with Gasteiger partial charge in [0.15, 0.2) is 0 Å². The van der Waals surface area contributed by atoms with E-state index < -0.39 is 11.9 Å². The number of carboxylic acids is 2. The molecule has 5 rings (SSSR count). The van der Waals surface area contributed by atoms with Crippen molar-refractivity contribution in [2.75, 3.05) is 0 Å². The van der Waals surface area contributed by atoms with E-state index in [1.165, 1.54) is 5.57 Å². The van der Waals surface area contributed by atoms with E-state index in [4.69, 9.17) is 9.97 Å². The Morgan fingerprint density at radius 2 is 1.23 bits per heavy atom. The van der Waals surface area contributed by atoms with Gasteiger partial charge in [-0.1, -0.05) is 13.8 Å². The lowest BCUT2D eigenvalue weighted by atomic mass is 10.0. The number of rotatable bonds is 6. The van der Waals surface area contributed by atoms with Crippen LogP contribution in [0.4, 0.5) is 0 Å². The van der Waals surface area contributed by atoms with Gasteiger partial charge in [0.1, 0.15) is 0 Å². The first-order valence-corrected chi connectivity index (χ1v) is 13.6. The number of aromatic amines is 2. The average Bonchev–Trinajstić information content (AvgIpc) is 3.55. The molecule has 0 aromatic carbocycles. The van der Waals surface area contributed by atoms with E-state index >= 15 is 0 Å². The fraction of sp³-hybridized carbons (Fsp3) is 0.312. The SMILES string of the molecule is CCC1=C(C)c2cc3[nH]c(cc4nc(cc5[nH]c(cc1n2)c(C)c5CC)C(C)=C4C(=O)O)c(CCC(=O)O)c3C. The number of hydrogen-bond acceptors (Lipinski definition) is 4. The van der Waals surface area contributed by atoms with Gasteiger partial charge in [-0.2, -0.15) is 0 Å². The fourth-order valence-corrected chi connectivity index (χ4v) is 5.89. The smallest absolute Gasteiger partial charge is 0.338 e. The molecule has 206 valence electrons. The summed E-state index contributed by atoms with van der Waals surface area (Å²) in [6.07, 6.45) is 1.89. The third-order valence-corrected chi connectivity index (χ3v) is 8.18. The Morgan fingerprint density at radius 3 is 1.82 bits per heavy atom. The van der Waals surface area contributed by atoms with E-state index in [1.807, 2.05) is 19.1 Å². The maximum Gasteiger partial charge on any atom is 0.338 e. The van der Waals surface area contributed by atoms with Gasteiger partial charge in [0, 0.05) is 28.5 Å². The molecule has 8 nitrogen and oxygen atoms in total. The number of carboxylic acid groups (broad SMARTS) is 2. The van der Waals surface area contributed by atoms with E-state index in [1.54, 1.807) is 13.0 Å². The number of allylic oxidation sites excluding steroid dienone is 3. The van der Waals surface area contributed by atoms with Gasteiger partial charge in [-0.3, -0.25) is 4.79 Å². The quantitative estimate of drug-likeness (QED) is 0.271. The van der Waals surface area contributed by atoms with Gasteiger partial charge < -0.3 is 20.2 Å². The molecular weight excluding hydrogens is 504 g/mol. The van der Waals surface area contributed by atoms with E-state index in [2.05, 4.69) is 43.7 Å². The minimum Gasteiger partial charge on any atom is -0.481 e. The summed E-state index contributed by atoms with van der Waals surface area (Å²) in [5, 5.41) is 19.5. The zero-order valence-corrected chi connectivity index (χ0v) is 23.7. The van der Waals surface area contributed by atoms with Crippen LogP contribution in [0.5, 0.6) is 0 Å². The lowest BCUT2D eigenvalue weighted by Gasteiger charge is -2.00. The van der Waals surface area contributed by atoms with E-state index in [0.29, 0.717) is 28.9 Å². The molecule has 0 aliphatic carbocycles. The number of aryl methyl sites for hydroxylation is 4. The zero-order chi connectivity index (χ0) is 28.9.